The van der Waals surface area contributed by atoms with Gasteiger partial charge in [0.2, 0.25) is 0 Å². The highest BCUT2D eigenvalue weighted by Crippen LogP contribution is 2.23. The van der Waals surface area contributed by atoms with Crippen LogP contribution in [0.15, 0.2) is 9.64 Å². The third-order valence-electron chi connectivity index (χ3n) is 3.16. The minimum absolute atomic E-state index is 0.832. The molecule has 0 radical (unpaired) electrons. The zero-order valence-corrected chi connectivity index (χ0v) is 10.9. The van der Waals surface area contributed by atoms with Gasteiger partial charge >= 0.3 is 0 Å². The molecule has 16 heavy (non-hydrogen) atoms. The number of rotatable bonds is 4. The van der Waals surface area contributed by atoms with Gasteiger partial charge in [0.25, 0.3) is 5.22 Å². The number of piperidine rings is 1. The first-order chi connectivity index (χ1) is 7.75. The number of hydrogen-bond acceptors (Lipinski definition) is 4. The molecule has 0 saturated carbocycles. The molecule has 90 valence electrons. The molecule has 0 aliphatic carbocycles. The topological polar surface area (TPSA) is 38.1 Å². The van der Waals surface area contributed by atoms with E-state index in [1.54, 1.807) is 11.8 Å². The van der Waals surface area contributed by atoms with Gasteiger partial charge in [-0.1, -0.05) is 11.8 Å². The monoisotopic (exact) mass is 240 g/mol. The van der Waals surface area contributed by atoms with E-state index in [0.29, 0.717) is 0 Å². The smallest absolute Gasteiger partial charge is 0.256 e. The van der Waals surface area contributed by atoms with E-state index in [4.69, 9.17) is 4.42 Å². The standard InChI is InChI=1S/C12H20N2OS/c1-9-10(2)15-12(14-9)16-7-5-11-4-3-6-13-8-11/h11,13H,3-8H2,1-2H3. The van der Waals surface area contributed by atoms with E-state index >= 15 is 0 Å². The Morgan fingerprint density at radius 1 is 1.50 bits per heavy atom. The maximum Gasteiger partial charge on any atom is 0.256 e. The van der Waals surface area contributed by atoms with Crippen LogP contribution in [0.1, 0.15) is 30.7 Å². The van der Waals surface area contributed by atoms with Crippen molar-refractivity contribution in [2.24, 2.45) is 5.92 Å². The summed E-state index contributed by atoms with van der Waals surface area (Å²) in [6.07, 6.45) is 3.96. The van der Waals surface area contributed by atoms with Crippen molar-refractivity contribution in [3.05, 3.63) is 11.5 Å². The molecule has 0 spiro atoms. The Bertz CT molecular complexity index is 312. The third-order valence-corrected chi connectivity index (χ3v) is 4.02. The van der Waals surface area contributed by atoms with E-state index in [2.05, 4.69) is 10.3 Å². The van der Waals surface area contributed by atoms with E-state index in [9.17, 15) is 0 Å². The zero-order valence-electron chi connectivity index (χ0n) is 10.1. The lowest BCUT2D eigenvalue weighted by Gasteiger charge is -2.21. The van der Waals surface area contributed by atoms with E-state index in [0.717, 1.165) is 28.3 Å². The SMILES string of the molecule is Cc1nc(SCCC2CCCNC2)oc1C. The van der Waals surface area contributed by atoms with Crippen molar-refractivity contribution in [3.8, 4) is 0 Å². The average Bonchev–Trinajstić information content (AvgIpc) is 2.60. The Balaban J connectivity index is 1.71. The van der Waals surface area contributed by atoms with Crippen molar-refractivity contribution in [1.82, 2.24) is 10.3 Å². The molecule has 2 rings (SSSR count). The molecule has 1 fully saturated rings. The van der Waals surface area contributed by atoms with Crippen molar-refractivity contribution >= 4 is 11.8 Å². The van der Waals surface area contributed by atoms with Crippen molar-refractivity contribution < 1.29 is 4.42 Å². The number of oxazole rings is 1. The van der Waals surface area contributed by atoms with Crippen LogP contribution in [0.2, 0.25) is 0 Å². The summed E-state index contributed by atoms with van der Waals surface area (Å²) in [6, 6.07) is 0. The molecule has 0 aromatic carbocycles. The molecule has 1 aliphatic rings. The fourth-order valence-corrected chi connectivity index (χ4v) is 3.00. The number of nitrogens with one attached hydrogen (secondary N) is 1. The Morgan fingerprint density at radius 2 is 2.38 bits per heavy atom. The highest BCUT2D eigenvalue weighted by Gasteiger charge is 2.13. The van der Waals surface area contributed by atoms with E-state index in [1.807, 2.05) is 13.8 Å². The van der Waals surface area contributed by atoms with E-state index in [1.165, 1.54) is 32.4 Å². The Hall–Kier alpha value is -0.480. The summed E-state index contributed by atoms with van der Waals surface area (Å²) < 4.78 is 5.54. The lowest BCUT2D eigenvalue weighted by atomic mass is 9.97. The molecule has 1 N–H and O–H groups in total. The molecule has 0 bridgehead atoms. The summed E-state index contributed by atoms with van der Waals surface area (Å²) in [7, 11) is 0. The first kappa shape index (κ1) is 12.0. The van der Waals surface area contributed by atoms with Gasteiger partial charge in [-0.2, -0.15) is 0 Å². The van der Waals surface area contributed by atoms with Crippen molar-refractivity contribution in [1.29, 1.82) is 0 Å². The Kier molecular flexibility index (Phi) is 4.29. The molecule has 2 heterocycles. The normalized spacial score (nSPS) is 21.2. The Labute approximate surface area is 101 Å². The second-order valence-corrected chi connectivity index (χ2v) is 5.52. The number of thioether (sulfide) groups is 1. The third kappa shape index (κ3) is 3.25. The fourth-order valence-electron chi connectivity index (χ4n) is 1.99. The lowest BCUT2D eigenvalue weighted by molar-refractivity contribution is 0.370. The number of aryl methyl sites for hydroxylation is 2. The summed E-state index contributed by atoms with van der Waals surface area (Å²) in [5.41, 5.74) is 1.02. The minimum atomic E-state index is 0.832. The number of aromatic nitrogens is 1. The molecule has 1 saturated heterocycles. The van der Waals surface area contributed by atoms with Crippen LogP contribution in [0.3, 0.4) is 0 Å². The highest BCUT2D eigenvalue weighted by molar-refractivity contribution is 7.99. The summed E-state index contributed by atoms with van der Waals surface area (Å²) in [4.78, 5) is 4.37. The largest absolute Gasteiger partial charge is 0.437 e. The molecule has 1 aliphatic heterocycles. The molecule has 1 aromatic heterocycles. The van der Waals surface area contributed by atoms with Crippen LogP contribution < -0.4 is 5.32 Å². The molecule has 4 heteroatoms. The quantitative estimate of drug-likeness (QED) is 0.821. The maximum atomic E-state index is 5.54. The van der Waals surface area contributed by atoms with Crippen LogP contribution in [0.5, 0.6) is 0 Å². The van der Waals surface area contributed by atoms with Gasteiger partial charge in [-0.05, 0) is 52.1 Å². The summed E-state index contributed by atoms with van der Waals surface area (Å²) in [5, 5.41) is 4.28. The van der Waals surface area contributed by atoms with Crippen LogP contribution in [-0.4, -0.2) is 23.8 Å². The van der Waals surface area contributed by atoms with Crippen LogP contribution >= 0.6 is 11.8 Å². The predicted molar refractivity (Wildman–Crippen MR) is 66.9 cm³/mol. The first-order valence-electron chi connectivity index (χ1n) is 6.03. The molecule has 1 atom stereocenters. The van der Waals surface area contributed by atoms with Gasteiger partial charge in [-0.15, -0.1) is 0 Å². The molecule has 0 amide bonds. The second-order valence-electron chi connectivity index (χ2n) is 4.47. The van der Waals surface area contributed by atoms with Crippen LogP contribution in [-0.2, 0) is 0 Å². The predicted octanol–water partition coefficient (Wildman–Crippen LogP) is 2.77. The van der Waals surface area contributed by atoms with Gasteiger partial charge in [0, 0.05) is 5.75 Å². The zero-order chi connectivity index (χ0) is 11.4. The lowest BCUT2D eigenvalue weighted by Crippen LogP contribution is -2.29. The Morgan fingerprint density at radius 3 is 3.00 bits per heavy atom. The van der Waals surface area contributed by atoms with E-state index in [-0.39, 0.29) is 0 Å². The molecule has 1 aromatic rings. The molecule has 3 nitrogen and oxygen atoms in total. The molecular weight excluding hydrogens is 220 g/mol. The first-order valence-corrected chi connectivity index (χ1v) is 7.02. The van der Waals surface area contributed by atoms with Gasteiger partial charge in [0.05, 0.1) is 5.69 Å². The second kappa shape index (κ2) is 5.73. The molecular formula is C12H20N2OS. The highest BCUT2D eigenvalue weighted by atomic mass is 32.2. The van der Waals surface area contributed by atoms with Crippen LogP contribution in [0, 0.1) is 19.8 Å². The molecule has 1 unspecified atom stereocenters. The summed E-state index contributed by atoms with van der Waals surface area (Å²) >= 11 is 1.74. The van der Waals surface area contributed by atoms with Crippen molar-refractivity contribution in [3.63, 3.8) is 0 Å². The van der Waals surface area contributed by atoms with Gasteiger partial charge < -0.3 is 9.73 Å². The van der Waals surface area contributed by atoms with Crippen molar-refractivity contribution in [2.45, 2.75) is 38.3 Å². The van der Waals surface area contributed by atoms with Gasteiger partial charge in [-0.3, -0.25) is 0 Å². The van der Waals surface area contributed by atoms with Gasteiger partial charge in [-0.25, -0.2) is 4.98 Å². The minimum Gasteiger partial charge on any atom is -0.437 e. The fraction of sp³-hybridized carbons (Fsp3) is 0.750. The number of hydrogen-bond donors (Lipinski definition) is 1. The number of nitrogens with zero attached hydrogens (tertiary/aromatic N) is 1. The maximum absolute atomic E-state index is 5.54. The van der Waals surface area contributed by atoms with Crippen LogP contribution in [0.4, 0.5) is 0 Å². The van der Waals surface area contributed by atoms with Crippen LogP contribution in [0.25, 0.3) is 0 Å². The van der Waals surface area contributed by atoms with E-state index < -0.39 is 0 Å². The average molecular weight is 240 g/mol. The summed E-state index contributed by atoms with van der Waals surface area (Å²) in [6.45, 7) is 6.34. The summed E-state index contributed by atoms with van der Waals surface area (Å²) in [5.74, 6) is 2.91. The van der Waals surface area contributed by atoms with Gasteiger partial charge in [0.1, 0.15) is 5.76 Å². The van der Waals surface area contributed by atoms with Crippen molar-refractivity contribution in [2.75, 3.05) is 18.8 Å². The van der Waals surface area contributed by atoms with Gasteiger partial charge in [0.15, 0.2) is 0 Å².